The highest BCUT2D eigenvalue weighted by molar-refractivity contribution is 4.85. The van der Waals surface area contributed by atoms with Crippen LogP contribution in [0.3, 0.4) is 0 Å². The first-order chi connectivity index (χ1) is 9.55. The van der Waals surface area contributed by atoms with Crippen molar-refractivity contribution in [3.63, 3.8) is 0 Å². The minimum absolute atomic E-state index is 0.355. The summed E-state index contributed by atoms with van der Waals surface area (Å²) < 4.78 is 0. The Hall–Kier alpha value is -0.120. The van der Waals surface area contributed by atoms with Crippen LogP contribution in [0, 0.1) is 17.3 Å². The van der Waals surface area contributed by atoms with Gasteiger partial charge in [-0.05, 0) is 56.0 Å². The highest BCUT2D eigenvalue weighted by Gasteiger charge is 2.30. The summed E-state index contributed by atoms with van der Waals surface area (Å²) in [5, 5.41) is 13.1. The lowest BCUT2D eigenvalue weighted by molar-refractivity contribution is 0.0722. The summed E-state index contributed by atoms with van der Waals surface area (Å²) in [5.74, 6) is 1.22. The lowest BCUT2D eigenvalue weighted by atomic mass is 9.80. The van der Waals surface area contributed by atoms with E-state index >= 15 is 0 Å². The molecule has 0 amide bonds. The smallest absolute Gasteiger partial charge is 0.0471 e. The van der Waals surface area contributed by atoms with Crippen molar-refractivity contribution >= 4 is 0 Å². The van der Waals surface area contributed by atoms with Crippen LogP contribution in [-0.4, -0.2) is 49.3 Å². The Bertz CT molecular complexity index is 251. The second-order valence-electron chi connectivity index (χ2n) is 7.16. The van der Waals surface area contributed by atoms with E-state index in [2.05, 4.69) is 37.9 Å². The quantitative estimate of drug-likeness (QED) is 0.683. The third-order valence-electron chi connectivity index (χ3n) is 4.97. The van der Waals surface area contributed by atoms with Gasteiger partial charge in [0, 0.05) is 26.2 Å². The number of likely N-dealkylation sites (tertiary alicyclic amines) is 1. The maximum Gasteiger partial charge on any atom is 0.0471 e. The first kappa shape index (κ1) is 17.9. The van der Waals surface area contributed by atoms with Gasteiger partial charge < -0.3 is 15.3 Å². The molecular formula is C17H36N2O. The van der Waals surface area contributed by atoms with E-state index in [0.29, 0.717) is 17.9 Å². The van der Waals surface area contributed by atoms with Crippen molar-refractivity contribution in [3.8, 4) is 0 Å². The minimum Gasteiger partial charge on any atom is -0.396 e. The van der Waals surface area contributed by atoms with E-state index in [1.807, 2.05) is 0 Å². The van der Waals surface area contributed by atoms with Crippen LogP contribution in [0.5, 0.6) is 0 Å². The van der Waals surface area contributed by atoms with Crippen molar-refractivity contribution < 1.29 is 5.11 Å². The topological polar surface area (TPSA) is 35.5 Å². The molecule has 0 aromatic heterocycles. The number of aliphatic hydroxyl groups is 1. The standard InChI is InChI=1S/C17H36N2O/c1-5-17(6-2,13-18-10-15(3)4)14-19-9-7-8-16(11-19)12-20/h15-16,18,20H,5-14H2,1-4H3. The summed E-state index contributed by atoms with van der Waals surface area (Å²) in [5.41, 5.74) is 0.395. The second kappa shape index (κ2) is 9.01. The van der Waals surface area contributed by atoms with Crippen LogP contribution in [0.25, 0.3) is 0 Å². The van der Waals surface area contributed by atoms with Crippen molar-refractivity contribution in [1.82, 2.24) is 10.2 Å². The van der Waals surface area contributed by atoms with Crippen LogP contribution in [-0.2, 0) is 0 Å². The van der Waals surface area contributed by atoms with Gasteiger partial charge in [-0.2, -0.15) is 0 Å². The van der Waals surface area contributed by atoms with Crippen molar-refractivity contribution in [2.45, 2.75) is 53.4 Å². The van der Waals surface area contributed by atoms with Crippen LogP contribution < -0.4 is 5.32 Å². The van der Waals surface area contributed by atoms with Crippen molar-refractivity contribution in [2.24, 2.45) is 17.3 Å². The zero-order chi connectivity index (χ0) is 15.0. The molecule has 1 rings (SSSR count). The molecule has 0 aliphatic carbocycles. The minimum atomic E-state index is 0.355. The molecule has 3 heteroatoms. The van der Waals surface area contributed by atoms with Gasteiger partial charge in [0.15, 0.2) is 0 Å². The molecule has 1 heterocycles. The number of aliphatic hydroxyl groups excluding tert-OH is 1. The average Bonchev–Trinajstić information content (AvgIpc) is 2.46. The van der Waals surface area contributed by atoms with Crippen LogP contribution in [0.2, 0.25) is 0 Å². The lowest BCUT2D eigenvalue weighted by Crippen LogP contribution is -2.47. The molecule has 1 aliphatic heterocycles. The number of nitrogens with one attached hydrogen (secondary N) is 1. The van der Waals surface area contributed by atoms with E-state index in [9.17, 15) is 5.11 Å². The fraction of sp³-hybridized carbons (Fsp3) is 1.00. The molecule has 0 spiro atoms. The molecule has 20 heavy (non-hydrogen) atoms. The molecule has 3 nitrogen and oxygen atoms in total. The molecule has 0 radical (unpaired) electrons. The zero-order valence-corrected chi connectivity index (χ0v) is 14.1. The number of rotatable bonds is 9. The van der Waals surface area contributed by atoms with E-state index in [-0.39, 0.29) is 0 Å². The maximum absolute atomic E-state index is 9.38. The van der Waals surface area contributed by atoms with Crippen LogP contribution >= 0.6 is 0 Å². The highest BCUT2D eigenvalue weighted by Crippen LogP contribution is 2.29. The Morgan fingerprint density at radius 3 is 2.55 bits per heavy atom. The van der Waals surface area contributed by atoms with E-state index in [0.717, 1.165) is 25.6 Å². The monoisotopic (exact) mass is 284 g/mol. The summed E-state index contributed by atoms with van der Waals surface area (Å²) in [6.07, 6.45) is 4.90. The largest absolute Gasteiger partial charge is 0.396 e. The number of piperidine rings is 1. The van der Waals surface area contributed by atoms with Crippen LogP contribution in [0.1, 0.15) is 53.4 Å². The van der Waals surface area contributed by atoms with Gasteiger partial charge in [0.05, 0.1) is 0 Å². The van der Waals surface area contributed by atoms with E-state index < -0.39 is 0 Å². The van der Waals surface area contributed by atoms with Gasteiger partial charge in [-0.25, -0.2) is 0 Å². The molecule has 1 unspecified atom stereocenters. The van der Waals surface area contributed by atoms with E-state index in [4.69, 9.17) is 0 Å². The van der Waals surface area contributed by atoms with Crippen molar-refractivity contribution in [2.75, 3.05) is 39.3 Å². The molecule has 0 aromatic carbocycles. The molecule has 0 bridgehead atoms. The molecule has 120 valence electrons. The highest BCUT2D eigenvalue weighted by atomic mass is 16.3. The summed E-state index contributed by atoms with van der Waals surface area (Å²) in [4.78, 5) is 2.59. The molecule has 2 N–H and O–H groups in total. The molecule has 1 atom stereocenters. The first-order valence-electron chi connectivity index (χ1n) is 8.59. The average molecular weight is 284 g/mol. The number of hydrogen-bond acceptors (Lipinski definition) is 3. The van der Waals surface area contributed by atoms with Gasteiger partial charge in [0.25, 0.3) is 0 Å². The maximum atomic E-state index is 9.38. The van der Waals surface area contributed by atoms with Gasteiger partial charge in [0.2, 0.25) is 0 Å². The fourth-order valence-corrected chi connectivity index (χ4v) is 3.32. The van der Waals surface area contributed by atoms with Crippen LogP contribution in [0.15, 0.2) is 0 Å². The molecule has 0 saturated carbocycles. The van der Waals surface area contributed by atoms with E-state index in [1.54, 1.807) is 0 Å². The van der Waals surface area contributed by atoms with Crippen molar-refractivity contribution in [1.29, 1.82) is 0 Å². The van der Waals surface area contributed by atoms with Gasteiger partial charge in [0.1, 0.15) is 0 Å². The first-order valence-corrected chi connectivity index (χ1v) is 8.59. The lowest BCUT2D eigenvalue weighted by Gasteiger charge is -2.41. The second-order valence-corrected chi connectivity index (χ2v) is 7.16. The summed E-state index contributed by atoms with van der Waals surface area (Å²) in [6, 6.07) is 0. The Balaban J connectivity index is 2.51. The van der Waals surface area contributed by atoms with Crippen LogP contribution in [0.4, 0.5) is 0 Å². The summed E-state index contributed by atoms with van der Waals surface area (Å²) >= 11 is 0. The van der Waals surface area contributed by atoms with Gasteiger partial charge in [-0.15, -0.1) is 0 Å². The third-order valence-corrected chi connectivity index (χ3v) is 4.97. The Labute approximate surface area is 126 Å². The predicted octanol–water partition coefficient (Wildman–Crippen LogP) is 2.74. The van der Waals surface area contributed by atoms with Gasteiger partial charge in [-0.1, -0.05) is 27.7 Å². The fourth-order valence-electron chi connectivity index (χ4n) is 3.32. The molecule has 1 aliphatic rings. The Morgan fingerprint density at radius 1 is 1.30 bits per heavy atom. The SMILES string of the molecule is CCC(CC)(CNCC(C)C)CN1CCCC(CO)C1. The van der Waals surface area contributed by atoms with Crippen molar-refractivity contribution in [3.05, 3.63) is 0 Å². The molecule has 0 aromatic rings. The Morgan fingerprint density at radius 2 is 2.00 bits per heavy atom. The predicted molar refractivity (Wildman–Crippen MR) is 87.0 cm³/mol. The third kappa shape index (κ3) is 5.71. The molecular weight excluding hydrogens is 248 g/mol. The Kier molecular flexibility index (Phi) is 8.08. The van der Waals surface area contributed by atoms with Gasteiger partial charge in [-0.3, -0.25) is 0 Å². The summed E-state index contributed by atoms with van der Waals surface area (Å²) in [6.45, 7) is 15.3. The molecule has 1 saturated heterocycles. The zero-order valence-electron chi connectivity index (χ0n) is 14.1. The molecule has 1 fully saturated rings. The normalized spacial score (nSPS) is 21.6. The van der Waals surface area contributed by atoms with Gasteiger partial charge >= 0.3 is 0 Å². The van der Waals surface area contributed by atoms with E-state index in [1.165, 1.54) is 38.8 Å². The number of nitrogens with zero attached hydrogens (tertiary/aromatic N) is 1. The number of hydrogen-bond donors (Lipinski definition) is 2. The summed E-state index contributed by atoms with van der Waals surface area (Å²) in [7, 11) is 0.